The molecule has 8 nitrogen and oxygen atoms in total. The molecule has 210 valence electrons. The van der Waals surface area contributed by atoms with E-state index in [1.165, 1.54) is 4.57 Å². The Morgan fingerprint density at radius 2 is 1.87 bits per heavy atom. The fourth-order valence-corrected chi connectivity index (χ4v) is 8.37. The standard InChI is InChI=1S/C25H32ClF3N4O4S/c1-14-9-32(22(35)37-23(3,4)5)15(2)8-31(14)20-17-6-16(25(27,28)29)7-18-19(17)33(21(34)30-20)10-24(11-36-12-24)13-38(18)26/h6-7,14-15,38H,8-13H2,1-5H3/t14-,15+/m0/s1. The Morgan fingerprint density at radius 3 is 2.45 bits per heavy atom. The van der Waals surface area contributed by atoms with Crippen molar-refractivity contribution in [2.45, 2.75) is 69.9 Å². The molecule has 2 fully saturated rings. The second-order valence-corrected chi connectivity index (χ2v) is 14.4. The number of aromatic nitrogens is 2. The van der Waals surface area contributed by atoms with Gasteiger partial charge in [-0.25, -0.2) is 9.59 Å². The van der Waals surface area contributed by atoms with E-state index < -0.39 is 44.6 Å². The van der Waals surface area contributed by atoms with Gasteiger partial charge in [0.15, 0.2) is 0 Å². The molecule has 1 spiro atoms. The number of nitrogens with zero attached hydrogens (tertiary/aromatic N) is 4. The van der Waals surface area contributed by atoms with Crippen molar-refractivity contribution in [3.05, 3.63) is 28.2 Å². The first-order valence-corrected chi connectivity index (χ1v) is 14.9. The van der Waals surface area contributed by atoms with Gasteiger partial charge in [0.25, 0.3) is 0 Å². The van der Waals surface area contributed by atoms with E-state index in [9.17, 15) is 22.8 Å². The number of thiol groups is 1. The number of alkyl halides is 3. The van der Waals surface area contributed by atoms with E-state index >= 15 is 0 Å². The zero-order valence-corrected chi connectivity index (χ0v) is 23.6. The van der Waals surface area contributed by atoms with Gasteiger partial charge in [-0.3, -0.25) is 4.57 Å². The summed E-state index contributed by atoms with van der Waals surface area (Å²) in [4.78, 5) is 34.4. The number of amides is 1. The van der Waals surface area contributed by atoms with Crippen LogP contribution >= 0.6 is 20.8 Å². The number of carbonyl (C=O) groups is 1. The Kier molecular flexibility index (Phi) is 6.63. The van der Waals surface area contributed by atoms with Crippen molar-refractivity contribution in [2.75, 3.05) is 37.0 Å². The molecule has 13 heteroatoms. The molecule has 3 aliphatic heterocycles. The summed E-state index contributed by atoms with van der Waals surface area (Å²) in [6, 6.07) is 1.49. The second-order valence-electron chi connectivity index (χ2n) is 11.7. The highest BCUT2D eigenvalue weighted by molar-refractivity contribution is 8.36. The lowest BCUT2D eigenvalue weighted by molar-refractivity contribution is -0.137. The van der Waals surface area contributed by atoms with E-state index in [0.29, 0.717) is 29.4 Å². The summed E-state index contributed by atoms with van der Waals surface area (Å²) >= 11 is 0. The number of rotatable bonds is 1. The highest BCUT2D eigenvalue weighted by atomic mass is 35.7. The highest BCUT2D eigenvalue weighted by Crippen LogP contribution is 2.54. The Balaban J connectivity index is 1.63. The first-order valence-electron chi connectivity index (χ1n) is 12.5. The van der Waals surface area contributed by atoms with Gasteiger partial charge >= 0.3 is 18.0 Å². The van der Waals surface area contributed by atoms with Crippen molar-refractivity contribution in [2.24, 2.45) is 5.41 Å². The van der Waals surface area contributed by atoms with Crippen LogP contribution in [0.4, 0.5) is 23.8 Å². The van der Waals surface area contributed by atoms with E-state index in [1.54, 1.807) is 25.7 Å². The van der Waals surface area contributed by atoms with Gasteiger partial charge < -0.3 is 19.3 Å². The Morgan fingerprint density at radius 1 is 1.18 bits per heavy atom. The van der Waals surface area contributed by atoms with Gasteiger partial charge in [0, 0.05) is 53.2 Å². The van der Waals surface area contributed by atoms with Gasteiger partial charge in [-0.1, -0.05) is 10.7 Å². The maximum Gasteiger partial charge on any atom is 0.416 e. The average Bonchev–Trinajstić information content (AvgIpc) is 2.91. The molecule has 1 amide bonds. The predicted molar refractivity (Wildman–Crippen MR) is 141 cm³/mol. The number of benzene rings is 1. The minimum absolute atomic E-state index is 0.178. The number of ether oxygens (including phenoxy) is 2. The van der Waals surface area contributed by atoms with Crippen molar-refractivity contribution < 1.29 is 27.4 Å². The molecular formula is C25H32ClF3N4O4S. The third kappa shape index (κ3) is 4.83. The Bertz CT molecular complexity index is 1340. The summed E-state index contributed by atoms with van der Waals surface area (Å²) in [6.07, 6.45) is -5.06. The molecule has 3 aliphatic rings. The molecule has 1 unspecified atom stereocenters. The smallest absolute Gasteiger partial charge is 0.416 e. The lowest BCUT2D eigenvalue weighted by Crippen LogP contribution is -2.59. The van der Waals surface area contributed by atoms with E-state index in [4.69, 9.17) is 20.2 Å². The van der Waals surface area contributed by atoms with Crippen molar-refractivity contribution in [3.8, 4) is 0 Å². The van der Waals surface area contributed by atoms with Gasteiger partial charge in [0.05, 0.1) is 24.3 Å². The number of carbonyl (C=O) groups excluding carboxylic acids is 1. The molecule has 2 aromatic rings. The number of anilines is 1. The van der Waals surface area contributed by atoms with E-state index in [2.05, 4.69) is 4.98 Å². The largest absolute Gasteiger partial charge is 0.444 e. The molecule has 0 N–H and O–H groups in total. The van der Waals surface area contributed by atoms with Crippen molar-refractivity contribution >= 4 is 43.6 Å². The van der Waals surface area contributed by atoms with Crippen LogP contribution in [-0.4, -0.2) is 70.3 Å². The molecule has 1 aromatic heterocycles. The van der Waals surface area contributed by atoms with Crippen LogP contribution in [0.15, 0.2) is 21.8 Å². The van der Waals surface area contributed by atoms with E-state index in [0.717, 1.165) is 12.1 Å². The monoisotopic (exact) mass is 576 g/mol. The zero-order chi connectivity index (χ0) is 27.8. The van der Waals surface area contributed by atoms with E-state index in [1.807, 2.05) is 18.7 Å². The van der Waals surface area contributed by atoms with Crippen LogP contribution in [0.1, 0.15) is 40.2 Å². The fraction of sp³-hybridized carbons (Fsp3) is 0.640. The first-order chi connectivity index (χ1) is 17.6. The predicted octanol–water partition coefficient (Wildman–Crippen LogP) is 4.79. The number of piperazine rings is 1. The summed E-state index contributed by atoms with van der Waals surface area (Å²) in [5.41, 5.74) is -2.01. The molecule has 0 aliphatic carbocycles. The minimum Gasteiger partial charge on any atom is -0.444 e. The average molecular weight is 577 g/mol. The van der Waals surface area contributed by atoms with Gasteiger partial charge in [0.2, 0.25) is 0 Å². The zero-order valence-electron chi connectivity index (χ0n) is 21.9. The molecule has 1 aromatic carbocycles. The van der Waals surface area contributed by atoms with Gasteiger partial charge in [0.1, 0.15) is 11.4 Å². The fourth-order valence-electron chi connectivity index (χ4n) is 5.43. The maximum atomic E-state index is 14.1. The summed E-state index contributed by atoms with van der Waals surface area (Å²) in [7, 11) is 5.32. The van der Waals surface area contributed by atoms with Gasteiger partial charge in [-0.15, -0.1) is 10.1 Å². The second kappa shape index (κ2) is 9.19. The van der Waals surface area contributed by atoms with Crippen molar-refractivity contribution in [3.63, 3.8) is 0 Å². The molecule has 0 radical (unpaired) electrons. The molecule has 4 heterocycles. The summed E-state index contributed by atoms with van der Waals surface area (Å²) in [5.74, 6) is 0.635. The summed E-state index contributed by atoms with van der Waals surface area (Å²) in [6.45, 7) is 10.7. The van der Waals surface area contributed by atoms with Gasteiger partial charge in [-0.05, 0) is 46.8 Å². The van der Waals surface area contributed by atoms with Crippen molar-refractivity contribution in [1.82, 2.24) is 14.5 Å². The number of hydrogen-bond acceptors (Lipinski definition) is 6. The molecule has 5 rings (SSSR count). The van der Waals surface area contributed by atoms with Crippen LogP contribution < -0.4 is 10.6 Å². The van der Waals surface area contributed by atoms with Crippen LogP contribution in [0.2, 0.25) is 0 Å². The summed E-state index contributed by atoms with van der Waals surface area (Å²) < 4.78 is 54.6. The Labute approximate surface area is 225 Å². The lowest BCUT2D eigenvalue weighted by Gasteiger charge is -2.45. The molecule has 38 heavy (non-hydrogen) atoms. The minimum atomic E-state index is -4.60. The molecule has 0 saturated carbocycles. The first kappa shape index (κ1) is 27.4. The van der Waals surface area contributed by atoms with Crippen molar-refractivity contribution in [1.29, 1.82) is 0 Å². The van der Waals surface area contributed by atoms with Crippen LogP contribution in [0, 0.1) is 5.41 Å². The third-order valence-electron chi connectivity index (χ3n) is 7.29. The molecule has 3 atom stereocenters. The highest BCUT2D eigenvalue weighted by Gasteiger charge is 2.45. The lowest BCUT2D eigenvalue weighted by atomic mass is 9.88. The number of halogens is 4. The topological polar surface area (TPSA) is 76.9 Å². The van der Waals surface area contributed by atoms with E-state index in [-0.39, 0.29) is 42.9 Å². The molecule has 0 bridgehead atoms. The molecular weight excluding hydrogens is 545 g/mol. The Hall–Kier alpha value is -2.18. The number of hydrogen-bond donors (Lipinski definition) is 1. The van der Waals surface area contributed by atoms with Gasteiger partial charge in [-0.2, -0.15) is 18.2 Å². The normalized spacial score (nSPS) is 26.3. The maximum absolute atomic E-state index is 14.1. The summed E-state index contributed by atoms with van der Waals surface area (Å²) in [5, 5.41) is 0.240. The third-order valence-corrected chi connectivity index (χ3v) is 10.0. The van der Waals surface area contributed by atoms with Crippen LogP contribution in [0.5, 0.6) is 0 Å². The van der Waals surface area contributed by atoms with Crippen LogP contribution in [0.25, 0.3) is 10.9 Å². The van der Waals surface area contributed by atoms with Crippen LogP contribution in [0.3, 0.4) is 0 Å². The quantitative estimate of drug-likeness (QED) is 0.492. The molecule has 2 saturated heterocycles. The van der Waals surface area contributed by atoms with Crippen LogP contribution in [-0.2, 0) is 22.2 Å². The SMILES string of the molecule is C[C@@H]1CN(c2nc(=O)n3c4c(cc(C(F)(F)F)cc24)[SH](Cl)CC2(COC2)C3)[C@@H](C)CN1C(=O)OC(C)(C)C.